The number of nitrogens with two attached hydrogens (primary N) is 1. The molecule has 0 fully saturated rings. The molecule has 0 aliphatic rings. The Morgan fingerprint density at radius 3 is 2.24 bits per heavy atom. The van der Waals surface area contributed by atoms with E-state index in [2.05, 4.69) is 5.32 Å². The van der Waals surface area contributed by atoms with Gasteiger partial charge in [0.15, 0.2) is 6.54 Å². The smallest absolute Gasteiger partial charge is 0.279 e. The minimum absolute atomic E-state index is 0.00517. The maximum absolute atomic E-state index is 12.2. The highest BCUT2D eigenvalue weighted by atomic mass is 35.5. The third-order valence-electron chi connectivity index (χ3n) is 3.42. The zero-order valence-electron chi connectivity index (χ0n) is 13.4. The molecule has 0 aliphatic carbocycles. The standard InChI is InChI=1S/C16H17Cl2N3O3S/c1-21(9-11-5-3-2-4-6-11)10-15(22)20-16-13(17)7-12(8-14(16)18)25(19,23)24/h2-8H,9-10H2,1H3,(H,20,22)(H2,19,23,24)/p+1. The van der Waals surface area contributed by atoms with Gasteiger partial charge in [0.05, 0.1) is 27.7 Å². The van der Waals surface area contributed by atoms with Crippen LogP contribution >= 0.6 is 23.2 Å². The average molecular weight is 403 g/mol. The zero-order valence-corrected chi connectivity index (χ0v) is 15.8. The molecule has 1 amide bonds. The van der Waals surface area contributed by atoms with Crippen molar-refractivity contribution in [2.75, 3.05) is 18.9 Å². The lowest BCUT2D eigenvalue weighted by atomic mass is 10.2. The van der Waals surface area contributed by atoms with Crippen LogP contribution in [0, 0.1) is 0 Å². The van der Waals surface area contributed by atoms with Gasteiger partial charge in [-0.25, -0.2) is 13.6 Å². The number of carbonyl (C=O) groups is 1. The molecule has 0 aliphatic heterocycles. The second-order valence-corrected chi connectivity index (χ2v) is 8.03. The topological polar surface area (TPSA) is 93.7 Å². The lowest BCUT2D eigenvalue weighted by Crippen LogP contribution is -3.08. The summed E-state index contributed by atoms with van der Waals surface area (Å²) in [7, 11) is -2.04. The molecule has 134 valence electrons. The van der Waals surface area contributed by atoms with E-state index < -0.39 is 10.0 Å². The molecule has 2 aromatic carbocycles. The van der Waals surface area contributed by atoms with Gasteiger partial charge in [0, 0.05) is 5.56 Å². The molecule has 1 unspecified atom stereocenters. The van der Waals surface area contributed by atoms with Crippen LogP contribution in [0.25, 0.3) is 0 Å². The number of amides is 1. The van der Waals surface area contributed by atoms with Gasteiger partial charge in [-0.1, -0.05) is 53.5 Å². The Kier molecular flexibility index (Phi) is 6.42. The molecular formula is C16H18Cl2N3O3S+. The zero-order chi connectivity index (χ0) is 18.6. The van der Waals surface area contributed by atoms with Crippen LogP contribution in [0.5, 0.6) is 0 Å². The number of likely N-dealkylation sites (N-methyl/N-ethyl adjacent to an activating group) is 1. The van der Waals surface area contributed by atoms with Crippen molar-refractivity contribution >= 4 is 44.8 Å². The van der Waals surface area contributed by atoms with Crippen LogP contribution in [0.4, 0.5) is 5.69 Å². The maximum Gasteiger partial charge on any atom is 0.279 e. The molecule has 1 atom stereocenters. The van der Waals surface area contributed by atoms with Crippen molar-refractivity contribution in [3.05, 3.63) is 58.1 Å². The minimum atomic E-state index is -3.93. The first-order chi connectivity index (χ1) is 11.7. The summed E-state index contributed by atoms with van der Waals surface area (Å²) in [5.41, 5.74) is 1.27. The first kappa shape index (κ1) is 19.7. The van der Waals surface area contributed by atoms with Crippen LogP contribution in [0.2, 0.25) is 10.0 Å². The van der Waals surface area contributed by atoms with Gasteiger partial charge < -0.3 is 10.2 Å². The Balaban J connectivity index is 2.05. The van der Waals surface area contributed by atoms with Gasteiger partial charge in [-0.05, 0) is 12.1 Å². The Morgan fingerprint density at radius 2 is 1.72 bits per heavy atom. The number of halogens is 2. The van der Waals surface area contributed by atoms with E-state index in [1.165, 1.54) is 0 Å². The van der Waals surface area contributed by atoms with Crippen LogP contribution < -0.4 is 15.4 Å². The molecule has 2 aromatic rings. The van der Waals surface area contributed by atoms with Crippen molar-refractivity contribution in [3.63, 3.8) is 0 Å². The highest BCUT2D eigenvalue weighted by Gasteiger charge is 2.18. The highest BCUT2D eigenvalue weighted by Crippen LogP contribution is 2.32. The normalized spacial score (nSPS) is 12.6. The molecule has 0 heterocycles. The number of hydrogen-bond donors (Lipinski definition) is 3. The maximum atomic E-state index is 12.2. The molecule has 25 heavy (non-hydrogen) atoms. The molecule has 6 nitrogen and oxygen atoms in total. The van der Waals surface area contributed by atoms with E-state index in [9.17, 15) is 13.2 Å². The molecule has 0 aromatic heterocycles. The number of sulfonamides is 1. The highest BCUT2D eigenvalue weighted by molar-refractivity contribution is 7.89. The largest absolute Gasteiger partial charge is 0.326 e. The van der Waals surface area contributed by atoms with Crippen LogP contribution in [0.1, 0.15) is 5.56 Å². The van der Waals surface area contributed by atoms with Crippen LogP contribution in [0.15, 0.2) is 47.4 Å². The van der Waals surface area contributed by atoms with Gasteiger partial charge >= 0.3 is 0 Å². The van der Waals surface area contributed by atoms with Gasteiger partial charge in [0.25, 0.3) is 5.91 Å². The lowest BCUT2D eigenvalue weighted by Gasteiger charge is -2.15. The Labute approximate surface area is 156 Å². The summed E-state index contributed by atoms with van der Waals surface area (Å²) in [4.78, 5) is 13.0. The van der Waals surface area contributed by atoms with Crippen LogP contribution in [0.3, 0.4) is 0 Å². The Bertz CT molecular complexity index is 850. The SMILES string of the molecule is C[NH+](CC(=O)Nc1c(Cl)cc(S(N)(=O)=O)cc1Cl)Cc1ccccc1. The summed E-state index contributed by atoms with van der Waals surface area (Å²) < 4.78 is 22.7. The van der Waals surface area contributed by atoms with E-state index in [0.29, 0.717) is 6.54 Å². The lowest BCUT2D eigenvalue weighted by molar-refractivity contribution is -0.885. The third kappa shape index (κ3) is 5.69. The number of benzene rings is 2. The summed E-state index contributed by atoms with van der Waals surface area (Å²) in [6, 6.07) is 12.1. The summed E-state index contributed by atoms with van der Waals surface area (Å²) in [6.07, 6.45) is 0. The quantitative estimate of drug-likeness (QED) is 0.679. The van der Waals surface area contributed by atoms with Crippen molar-refractivity contribution in [2.24, 2.45) is 5.14 Å². The van der Waals surface area contributed by atoms with E-state index in [-0.39, 0.29) is 33.1 Å². The first-order valence-corrected chi connectivity index (χ1v) is 9.64. The van der Waals surface area contributed by atoms with Crippen molar-refractivity contribution in [1.82, 2.24) is 0 Å². The molecule has 0 radical (unpaired) electrons. The van der Waals surface area contributed by atoms with E-state index in [1.54, 1.807) is 0 Å². The fourth-order valence-electron chi connectivity index (χ4n) is 2.30. The van der Waals surface area contributed by atoms with Gasteiger partial charge in [-0.2, -0.15) is 0 Å². The third-order valence-corrected chi connectivity index (χ3v) is 4.91. The van der Waals surface area contributed by atoms with E-state index >= 15 is 0 Å². The van der Waals surface area contributed by atoms with E-state index in [1.807, 2.05) is 37.4 Å². The number of hydrogen-bond acceptors (Lipinski definition) is 3. The fourth-order valence-corrected chi connectivity index (χ4v) is 3.57. The predicted molar refractivity (Wildman–Crippen MR) is 98.4 cm³/mol. The Morgan fingerprint density at radius 1 is 1.16 bits per heavy atom. The minimum Gasteiger partial charge on any atom is -0.326 e. The number of primary sulfonamides is 1. The van der Waals surface area contributed by atoms with Crippen molar-refractivity contribution in [2.45, 2.75) is 11.4 Å². The molecule has 9 heteroatoms. The van der Waals surface area contributed by atoms with Crippen molar-refractivity contribution in [1.29, 1.82) is 0 Å². The molecule has 0 spiro atoms. The van der Waals surface area contributed by atoms with Gasteiger partial charge in [0.2, 0.25) is 10.0 Å². The number of nitrogens with one attached hydrogen (secondary N) is 2. The monoisotopic (exact) mass is 402 g/mol. The van der Waals surface area contributed by atoms with Gasteiger partial charge in [0.1, 0.15) is 6.54 Å². The van der Waals surface area contributed by atoms with Crippen molar-refractivity contribution < 1.29 is 18.1 Å². The van der Waals surface area contributed by atoms with Crippen molar-refractivity contribution in [3.8, 4) is 0 Å². The van der Waals surface area contributed by atoms with Gasteiger partial charge in [-0.15, -0.1) is 0 Å². The first-order valence-electron chi connectivity index (χ1n) is 7.33. The molecule has 2 rings (SSSR count). The fraction of sp³-hybridized carbons (Fsp3) is 0.188. The molecule has 0 saturated heterocycles. The molecule has 0 saturated carbocycles. The van der Waals surface area contributed by atoms with E-state index in [4.69, 9.17) is 28.3 Å². The number of quaternary nitrogens is 1. The molecule has 4 N–H and O–H groups in total. The molecular weight excluding hydrogens is 385 g/mol. The van der Waals surface area contributed by atoms with Crippen LogP contribution in [-0.4, -0.2) is 27.9 Å². The second kappa shape index (κ2) is 8.16. The number of rotatable bonds is 6. The number of anilines is 1. The predicted octanol–water partition coefficient (Wildman–Crippen LogP) is 1.29. The van der Waals surface area contributed by atoms with Crippen LogP contribution in [-0.2, 0) is 21.4 Å². The summed E-state index contributed by atoms with van der Waals surface area (Å²) in [5.74, 6) is -0.291. The summed E-state index contributed by atoms with van der Waals surface area (Å²) in [6.45, 7) is 0.874. The summed E-state index contributed by atoms with van der Waals surface area (Å²) in [5, 5.41) is 7.67. The summed E-state index contributed by atoms with van der Waals surface area (Å²) >= 11 is 12.1. The second-order valence-electron chi connectivity index (χ2n) is 5.65. The van der Waals surface area contributed by atoms with Gasteiger partial charge in [-0.3, -0.25) is 4.79 Å². The number of carbonyl (C=O) groups excluding carboxylic acids is 1. The van der Waals surface area contributed by atoms with E-state index in [0.717, 1.165) is 22.6 Å². The molecule has 0 bridgehead atoms. The average Bonchev–Trinajstić information content (AvgIpc) is 2.50. The Hall–Kier alpha value is -1.64.